The molecule has 3 unspecified atom stereocenters. The summed E-state index contributed by atoms with van der Waals surface area (Å²) in [7, 11) is 2.22. The van der Waals surface area contributed by atoms with Crippen LogP contribution in [-0.2, 0) is 4.79 Å². The van der Waals surface area contributed by atoms with Gasteiger partial charge in [0.25, 0.3) is 0 Å². The fraction of sp³-hybridized carbons (Fsp3) is 0.923. The summed E-state index contributed by atoms with van der Waals surface area (Å²) >= 11 is 0. The van der Waals surface area contributed by atoms with Crippen molar-refractivity contribution in [2.24, 2.45) is 11.7 Å². The molecule has 1 amide bonds. The van der Waals surface area contributed by atoms with Gasteiger partial charge in [0, 0.05) is 31.6 Å². The lowest BCUT2D eigenvalue weighted by atomic mass is 9.84. The van der Waals surface area contributed by atoms with Gasteiger partial charge < -0.3 is 15.5 Å². The highest BCUT2D eigenvalue weighted by molar-refractivity contribution is 5.76. The van der Waals surface area contributed by atoms with E-state index >= 15 is 0 Å². The molecule has 0 bridgehead atoms. The molecular weight excluding hydrogens is 214 g/mol. The van der Waals surface area contributed by atoms with Gasteiger partial charge in [0.1, 0.15) is 0 Å². The average molecular weight is 239 g/mol. The summed E-state index contributed by atoms with van der Waals surface area (Å²) in [4.78, 5) is 16.5. The fourth-order valence-corrected chi connectivity index (χ4v) is 3.28. The largest absolute Gasteiger partial charge is 0.342 e. The molecule has 2 aliphatic heterocycles. The molecule has 0 aromatic rings. The van der Waals surface area contributed by atoms with E-state index in [0.717, 1.165) is 19.5 Å². The SMILES string of the molecule is CC(N)CC(=O)N1CCC2C(CCCN2C)C1. The van der Waals surface area contributed by atoms with Crippen molar-refractivity contribution in [3.63, 3.8) is 0 Å². The van der Waals surface area contributed by atoms with Gasteiger partial charge in [-0.2, -0.15) is 0 Å². The first kappa shape index (κ1) is 12.8. The Kier molecular flexibility index (Phi) is 4.05. The number of fused-ring (bicyclic) bond motifs is 1. The fourth-order valence-electron chi connectivity index (χ4n) is 3.28. The number of amides is 1. The number of carbonyl (C=O) groups excluding carboxylic acids is 1. The van der Waals surface area contributed by atoms with Gasteiger partial charge in [0.15, 0.2) is 0 Å². The predicted molar refractivity (Wildman–Crippen MR) is 68.6 cm³/mol. The third kappa shape index (κ3) is 2.99. The molecule has 4 nitrogen and oxygen atoms in total. The third-order valence-electron chi connectivity index (χ3n) is 4.20. The van der Waals surface area contributed by atoms with E-state index in [4.69, 9.17) is 5.73 Å². The molecule has 0 aliphatic carbocycles. The van der Waals surface area contributed by atoms with Crippen LogP contribution in [0.25, 0.3) is 0 Å². The zero-order chi connectivity index (χ0) is 12.4. The molecule has 2 saturated heterocycles. The summed E-state index contributed by atoms with van der Waals surface area (Å²) in [5.74, 6) is 0.922. The van der Waals surface area contributed by atoms with Gasteiger partial charge in [-0.15, -0.1) is 0 Å². The van der Waals surface area contributed by atoms with Crippen molar-refractivity contribution in [1.82, 2.24) is 9.80 Å². The minimum absolute atomic E-state index is 0.0192. The van der Waals surface area contributed by atoms with Crippen molar-refractivity contribution < 1.29 is 4.79 Å². The molecule has 2 aliphatic rings. The van der Waals surface area contributed by atoms with Crippen LogP contribution in [0.2, 0.25) is 0 Å². The van der Waals surface area contributed by atoms with Crippen LogP contribution in [0.4, 0.5) is 0 Å². The number of hydrogen-bond acceptors (Lipinski definition) is 3. The van der Waals surface area contributed by atoms with E-state index in [9.17, 15) is 4.79 Å². The molecule has 4 heteroatoms. The zero-order valence-corrected chi connectivity index (χ0v) is 11.1. The highest BCUT2D eigenvalue weighted by atomic mass is 16.2. The Morgan fingerprint density at radius 3 is 2.88 bits per heavy atom. The molecule has 0 aromatic heterocycles. The minimum atomic E-state index is -0.0192. The maximum atomic E-state index is 12.0. The Balaban J connectivity index is 1.91. The lowest BCUT2D eigenvalue weighted by Crippen LogP contribution is -2.54. The second kappa shape index (κ2) is 5.36. The van der Waals surface area contributed by atoms with E-state index in [1.54, 1.807) is 0 Å². The second-order valence-corrected chi connectivity index (χ2v) is 5.76. The average Bonchev–Trinajstić information content (AvgIpc) is 2.28. The lowest BCUT2D eigenvalue weighted by molar-refractivity contribution is -0.135. The van der Waals surface area contributed by atoms with E-state index in [2.05, 4.69) is 11.9 Å². The molecule has 0 aromatic carbocycles. The van der Waals surface area contributed by atoms with Gasteiger partial charge >= 0.3 is 0 Å². The van der Waals surface area contributed by atoms with E-state index in [0.29, 0.717) is 18.4 Å². The van der Waals surface area contributed by atoms with Crippen LogP contribution >= 0.6 is 0 Å². The van der Waals surface area contributed by atoms with Gasteiger partial charge in [-0.05, 0) is 45.7 Å². The summed E-state index contributed by atoms with van der Waals surface area (Å²) < 4.78 is 0. The molecule has 2 N–H and O–H groups in total. The van der Waals surface area contributed by atoms with Crippen molar-refractivity contribution in [1.29, 1.82) is 0 Å². The zero-order valence-electron chi connectivity index (χ0n) is 11.1. The second-order valence-electron chi connectivity index (χ2n) is 5.76. The van der Waals surface area contributed by atoms with Crippen molar-refractivity contribution >= 4 is 5.91 Å². The van der Waals surface area contributed by atoms with Crippen molar-refractivity contribution in [3.05, 3.63) is 0 Å². The predicted octanol–water partition coefficient (Wildman–Crippen LogP) is 0.666. The summed E-state index contributed by atoms with van der Waals surface area (Å²) in [6.07, 6.45) is 4.17. The summed E-state index contributed by atoms with van der Waals surface area (Å²) in [6.45, 7) is 4.98. The third-order valence-corrected chi connectivity index (χ3v) is 4.20. The van der Waals surface area contributed by atoms with E-state index in [1.165, 1.54) is 19.4 Å². The topological polar surface area (TPSA) is 49.6 Å². The number of nitrogens with zero attached hydrogens (tertiary/aromatic N) is 2. The number of hydrogen-bond donors (Lipinski definition) is 1. The first-order chi connectivity index (χ1) is 8.08. The highest BCUT2D eigenvalue weighted by Crippen LogP contribution is 2.29. The maximum Gasteiger partial charge on any atom is 0.224 e. The summed E-state index contributed by atoms with van der Waals surface area (Å²) in [5.41, 5.74) is 5.70. The number of likely N-dealkylation sites (tertiary alicyclic amines) is 2. The Bertz CT molecular complexity index is 280. The summed E-state index contributed by atoms with van der Waals surface area (Å²) in [6, 6.07) is 0.678. The van der Waals surface area contributed by atoms with Crippen LogP contribution in [0.1, 0.15) is 32.6 Å². The summed E-state index contributed by atoms with van der Waals surface area (Å²) in [5, 5.41) is 0. The van der Waals surface area contributed by atoms with Crippen LogP contribution in [0.15, 0.2) is 0 Å². The first-order valence-corrected chi connectivity index (χ1v) is 6.81. The molecular formula is C13H25N3O. The molecule has 0 saturated carbocycles. The van der Waals surface area contributed by atoms with E-state index in [1.807, 2.05) is 11.8 Å². The van der Waals surface area contributed by atoms with Crippen LogP contribution in [0.3, 0.4) is 0 Å². The van der Waals surface area contributed by atoms with E-state index in [-0.39, 0.29) is 11.9 Å². The maximum absolute atomic E-state index is 12.0. The van der Waals surface area contributed by atoms with Crippen LogP contribution < -0.4 is 5.73 Å². The number of piperidine rings is 2. The Morgan fingerprint density at radius 2 is 2.18 bits per heavy atom. The monoisotopic (exact) mass is 239 g/mol. The van der Waals surface area contributed by atoms with Gasteiger partial charge in [0.05, 0.1) is 0 Å². The molecule has 17 heavy (non-hydrogen) atoms. The van der Waals surface area contributed by atoms with Crippen LogP contribution in [-0.4, -0.2) is 54.5 Å². The molecule has 98 valence electrons. The van der Waals surface area contributed by atoms with Crippen molar-refractivity contribution in [2.75, 3.05) is 26.7 Å². The number of carbonyl (C=O) groups is 1. The minimum Gasteiger partial charge on any atom is -0.342 e. The van der Waals surface area contributed by atoms with Gasteiger partial charge in [-0.25, -0.2) is 0 Å². The van der Waals surface area contributed by atoms with Crippen LogP contribution in [0, 0.1) is 5.92 Å². The quantitative estimate of drug-likeness (QED) is 0.770. The van der Waals surface area contributed by atoms with Crippen molar-refractivity contribution in [3.8, 4) is 0 Å². The lowest BCUT2D eigenvalue weighted by Gasteiger charge is -2.46. The van der Waals surface area contributed by atoms with Gasteiger partial charge in [0.2, 0.25) is 5.91 Å². The molecule has 0 spiro atoms. The van der Waals surface area contributed by atoms with Gasteiger partial charge in [-0.1, -0.05) is 0 Å². The normalized spacial score (nSPS) is 32.1. The Labute approximate surface area is 104 Å². The number of nitrogens with two attached hydrogens (primary N) is 1. The van der Waals surface area contributed by atoms with Crippen molar-refractivity contribution in [2.45, 2.75) is 44.7 Å². The highest BCUT2D eigenvalue weighted by Gasteiger charge is 2.35. The Hall–Kier alpha value is -0.610. The standard InChI is InChI=1S/C13H25N3O/c1-10(14)8-13(17)16-7-5-12-11(9-16)4-3-6-15(12)2/h10-12H,3-9,14H2,1-2H3. The smallest absolute Gasteiger partial charge is 0.224 e. The van der Waals surface area contributed by atoms with Gasteiger partial charge in [-0.3, -0.25) is 4.79 Å². The van der Waals surface area contributed by atoms with E-state index < -0.39 is 0 Å². The molecule has 3 atom stereocenters. The Morgan fingerprint density at radius 1 is 1.41 bits per heavy atom. The molecule has 0 radical (unpaired) electrons. The molecule has 2 fully saturated rings. The first-order valence-electron chi connectivity index (χ1n) is 6.81. The molecule has 2 heterocycles. The molecule has 2 rings (SSSR count). The van der Waals surface area contributed by atoms with Crippen LogP contribution in [0.5, 0.6) is 0 Å². The number of rotatable bonds is 2.